The van der Waals surface area contributed by atoms with E-state index in [0.29, 0.717) is 0 Å². The van der Waals surface area contributed by atoms with Gasteiger partial charge in [0.05, 0.1) is 0 Å². The molecule has 1 aromatic rings. The Bertz CT molecular complexity index is 773. The maximum Gasteiger partial charge on any atom is 0.330 e. The minimum atomic E-state index is -2.50. The van der Waals surface area contributed by atoms with Crippen LogP contribution in [0.25, 0.3) is 0 Å². The number of esters is 1. The Morgan fingerprint density at radius 1 is 1.38 bits per heavy atom. The van der Waals surface area contributed by atoms with Crippen molar-refractivity contribution in [2.24, 2.45) is 0 Å². The second kappa shape index (κ2) is 5.50. The molecule has 3 rings (SSSR count). The Hall–Kier alpha value is -2.04. The number of halogens is 1. The van der Waals surface area contributed by atoms with Crippen molar-refractivity contribution in [2.45, 2.75) is 50.8 Å². The zero-order valence-electron chi connectivity index (χ0n) is 13.3. The Balaban J connectivity index is 1.97. The van der Waals surface area contributed by atoms with E-state index in [4.69, 9.17) is 18.9 Å². The quantitative estimate of drug-likeness (QED) is 0.757. The van der Waals surface area contributed by atoms with Crippen LogP contribution in [0.5, 0.6) is 0 Å². The van der Waals surface area contributed by atoms with Gasteiger partial charge in [-0.2, -0.15) is 0 Å². The molecule has 9 nitrogen and oxygen atoms in total. The summed E-state index contributed by atoms with van der Waals surface area (Å²) in [5.74, 6) is -4.30. The standard InChI is InChI=1S/C14H17FN2O7/c1-7(18)21-6-14(15)10-9(22-13(2,3)23-10)11(24-14)17-5-4-8(19)16-12(17)20/h4-5,9-11H,6H2,1-3H3,(H,16,19,20)/t9-,10+,11-,14-/m1/s1. The van der Waals surface area contributed by atoms with Crippen molar-refractivity contribution in [3.8, 4) is 0 Å². The molecule has 0 unspecified atom stereocenters. The summed E-state index contributed by atoms with van der Waals surface area (Å²) in [5.41, 5.74) is -1.38. The smallest absolute Gasteiger partial charge is 0.330 e. The molecular weight excluding hydrogens is 327 g/mol. The lowest BCUT2D eigenvalue weighted by Crippen LogP contribution is -2.43. The van der Waals surface area contributed by atoms with Gasteiger partial charge in [-0.15, -0.1) is 0 Å². The average Bonchev–Trinajstić information content (AvgIpc) is 2.91. The van der Waals surface area contributed by atoms with E-state index < -0.39 is 53.9 Å². The fourth-order valence-electron chi connectivity index (χ4n) is 2.82. The third kappa shape index (κ3) is 2.87. The zero-order valence-corrected chi connectivity index (χ0v) is 13.3. The predicted octanol–water partition coefficient (Wildman–Crippen LogP) is -0.186. The number of carbonyl (C=O) groups excluding carboxylic acids is 1. The Morgan fingerprint density at radius 2 is 2.08 bits per heavy atom. The first-order valence-electron chi connectivity index (χ1n) is 7.28. The highest BCUT2D eigenvalue weighted by Gasteiger charge is 2.65. The molecule has 0 radical (unpaired) electrons. The van der Waals surface area contributed by atoms with Gasteiger partial charge in [0.25, 0.3) is 11.4 Å². The number of hydrogen-bond donors (Lipinski definition) is 1. The molecule has 3 heterocycles. The van der Waals surface area contributed by atoms with Crippen molar-refractivity contribution >= 4 is 5.97 Å². The summed E-state index contributed by atoms with van der Waals surface area (Å²) >= 11 is 0. The molecule has 0 aliphatic carbocycles. The number of aromatic amines is 1. The Labute approximate surface area is 135 Å². The first kappa shape index (κ1) is 16.8. The van der Waals surface area contributed by atoms with Crippen molar-refractivity contribution in [1.29, 1.82) is 0 Å². The fourth-order valence-corrected chi connectivity index (χ4v) is 2.82. The van der Waals surface area contributed by atoms with Gasteiger partial charge in [-0.1, -0.05) is 0 Å². The van der Waals surface area contributed by atoms with E-state index in [9.17, 15) is 14.4 Å². The van der Waals surface area contributed by atoms with Gasteiger partial charge >= 0.3 is 11.7 Å². The number of nitrogens with zero attached hydrogens (tertiary/aromatic N) is 1. The summed E-state index contributed by atoms with van der Waals surface area (Å²) in [6.07, 6.45) is -2.20. The summed E-state index contributed by atoms with van der Waals surface area (Å²) in [6.45, 7) is 3.60. The molecule has 10 heteroatoms. The number of fused-ring (bicyclic) bond motifs is 1. The molecule has 0 amide bonds. The number of alkyl halides is 1. The van der Waals surface area contributed by atoms with E-state index in [-0.39, 0.29) is 0 Å². The SMILES string of the molecule is CC(=O)OC[C@@]1(F)O[C@@H](n2ccc(=O)[nH]c2=O)[C@@H]2OC(C)(C)O[C@@H]21. The van der Waals surface area contributed by atoms with E-state index in [0.717, 1.165) is 17.6 Å². The number of rotatable bonds is 3. The van der Waals surface area contributed by atoms with Crippen molar-refractivity contribution in [2.75, 3.05) is 6.61 Å². The lowest BCUT2D eigenvalue weighted by molar-refractivity contribution is -0.267. The van der Waals surface area contributed by atoms with Crippen LogP contribution in [0.2, 0.25) is 0 Å². The summed E-state index contributed by atoms with van der Waals surface area (Å²) < 4.78 is 37.4. The van der Waals surface area contributed by atoms with Gasteiger partial charge < -0.3 is 18.9 Å². The van der Waals surface area contributed by atoms with Gasteiger partial charge in [-0.05, 0) is 13.8 Å². The monoisotopic (exact) mass is 344 g/mol. The average molecular weight is 344 g/mol. The summed E-state index contributed by atoms with van der Waals surface area (Å²) in [7, 11) is 0. The molecule has 2 aliphatic heterocycles. The molecule has 0 spiro atoms. The Kier molecular flexibility index (Phi) is 3.85. The second-order valence-electron chi connectivity index (χ2n) is 6.11. The van der Waals surface area contributed by atoms with Crippen LogP contribution >= 0.6 is 0 Å². The van der Waals surface area contributed by atoms with Crippen LogP contribution in [0.3, 0.4) is 0 Å². The van der Waals surface area contributed by atoms with Crippen LogP contribution in [-0.2, 0) is 23.7 Å². The molecular formula is C14H17FN2O7. The Morgan fingerprint density at radius 3 is 2.71 bits per heavy atom. The van der Waals surface area contributed by atoms with Crippen molar-refractivity contribution in [3.63, 3.8) is 0 Å². The van der Waals surface area contributed by atoms with Gasteiger partial charge in [0, 0.05) is 19.2 Å². The van der Waals surface area contributed by atoms with Gasteiger partial charge in [0.2, 0.25) is 0 Å². The minimum Gasteiger partial charge on any atom is -0.460 e. The number of hydrogen-bond acceptors (Lipinski definition) is 7. The van der Waals surface area contributed by atoms with E-state index in [1.165, 1.54) is 6.20 Å². The molecule has 0 bridgehead atoms. The van der Waals surface area contributed by atoms with Crippen LogP contribution < -0.4 is 11.2 Å². The number of ether oxygens (including phenoxy) is 4. The molecule has 24 heavy (non-hydrogen) atoms. The number of aromatic nitrogens is 2. The molecule has 2 fully saturated rings. The fraction of sp³-hybridized carbons (Fsp3) is 0.643. The summed E-state index contributed by atoms with van der Waals surface area (Å²) in [5, 5.41) is 0. The van der Waals surface area contributed by atoms with E-state index in [2.05, 4.69) is 4.98 Å². The first-order valence-corrected chi connectivity index (χ1v) is 7.28. The van der Waals surface area contributed by atoms with Crippen LogP contribution in [0, 0.1) is 0 Å². The maximum atomic E-state index is 15.2. The van der Waals surface area contributed by atoms with E-state index in [1.54, 1.807) is 13.8 Å². The van der Waals surface area contributed by atoms with Crippen LogP contribution in [0.1, 0.15) is 27.0 Å². The molecule has 2 saturated heterocycles. The van der Waals surface area contributed by atoms with Crippen molar-refractivity contribution in [3.05, 3.63) is 33.1 Å². The summed E-state index contributed by atoms with van der Waals surface area (Å²) in [6, 6.07) is 1.10. The molecule has 4 atom stereocenters. The normalized spacial score (nSPS) is 34.1. The highest BCUT2D eigenvalue weighted by Crippen LogP contribution is 2.48. The lowest BCUT2D eigenvalue weighted by atomic mass is 10.1. The highest BCUT2D eigenvalue weighted by atomic mass is 19.2. The first-order chi connectivity index (χ1) is 11.1. The van der Waals surface area contributed by atoms with Gasteiger partial charge in [-0.25, -0.2) is 9.18 Å². The van der Waals surface area contributed by atoms with Gasteiger partial charge in [0.1, 0.15) is 6.10 Å². The van der Waals surface area contributed by atoms with Crippen molar-refractivity contribution in [1.82, 2.24) is 9.55 Å². The lowest BCUT2D eigenvalue weighted by Gasteiger charge is -2.27. The third-order valence-corrected chi connectivity index (χ3v) is 3.75. The molecule has 1 N–H and O–H groups in total. The maximum absolute atomic E-state index is 15.2. The number of H-pyrrole nitrogens is 1. The molecule has 0 saturated carbocycles. The molecule has 132 valence electrons. The van der Waals surface area contributed by atoms with Gasteiger partial charge in [0.15, 0.2) is 24.7 Å². The number of nitrogens with one attached hydrogen (secondary N) is 1. The van der Waals surface area contributed by atoms with Crippen LogP contribution in [0.15, 0.2) is 21.9 Å². The number of carbonyl (C=O) groups is 1. The molecule has 2 aliphatic rings. The van der Waals surface area contributed by atoms with Crippen LogP contribution in [0.4, 0.5) is 4.39 Å². The molecule has 0 aromatic carbocycles. The van der Waals surface area contributed by atoms with Crippen molar-refractivity contribution < 1.29 is 28.1 Å². The third-order valence-electron chi connectivity index (χ3n) is 3.75. The van der Waals surface area contributed by atoms with E-state index >= 15 is 4.39 Å². The highest BCUT2D eigenvalue weighted by molar-refractivity contribution is 5.65. The van der Waals surface area contributed by atoms with E-state index in [1.807, 2.05) is 0 Å². The predicted molar refractivity (Wildman–Crippen MR) is 75.7 cm³/mol. The minimum absolute atomic E-state index is 0.596. The van der Waals surface area contributed by atoms with Gasteiger partial charge in [-0.3, -0.25) is 19.1 Å². The molecule has 1 aromatic heterocycles. The largest absolute Gasteiger partial charge is 0.460 e. The topological polar surface area (TPSA) is 109 Å². The van der Waals surface area contributed by atoms with Crippen LogP contribution in [-0.4, -0.2) is 46.0 Å². The second-order valence-corrected chi connectivity index (χ2v) is 6.11. The summed E-state index contributed by atoms with van der Waals surface area (Å²) in [4.78, 5) is 36.2. The zero-order chi connectivity index (χ0) is 17.7.